The lowest BCUT2D eigenvalue weighted by atomic mass is 10.3. The van der Waals surface area contributed by atoms with Gasteiger partial charge in [-0.1, -0.05) is 12.1 Å². The first-order valence-corrected chi connectivity index (χ1v) is 7.12. The Balaban J connectivity index is 2.51. The third-order valence-corrected chi connectivity index (χ3v) is 3.85. The van der Waals surface area contributed by atoms with Gasteiger partial charge in [0.2, 0.25) is 0 Å². The Morgan fingerprint density at radius 3 is 2.57 bits per heavy atom. The lowest BCUT2D eigenvalue weighted by molar-refractivity contribution is 0.462. The molecule has 0 bridgehead atoms. The second kappa shape index (κ2) is 4.70. The Labute approximate surface area is 88.1 Å². The molecule has 0 atom stereocenters. The zero-order valence-corrected chi connectivity index (χ0v) is 9.44. The van der Waals surface area contributed by atoms with Crippen LogP contribution in [0.2, 0.25) is 0 Å². The third kappa shape index (κ3) is 4.02. The van der Waals surface area contributed by atoms with Gasteiger partial charge in [-0.3, -0.25) is 0 Å². The molecule has 1 aromatic carbocycles. The maximum Gasteiger partial charge on any atom is 0.148 e. The number of phenols is 1. The van der Waals surface area contributed by atoms with E-state index in [0.717, 1.165) is 4.90 Å². The van der Waals surface area contributed by atoms with E-state index in [-0.39, 0.29) is 11.5 Å². The maximum atomic E-state index is 10.8. The van der Waals surface area contributed by atoms with Gasteiger partial charge in [-0.2, -0.15) is 0 Å². The van der Waals surface area contributed by atoms with E-state index >= 15 is 0 Å². The van der Waals surface area contributed by atoms with Crippen molar-refractivity contribution in [2.24, 2.45) is 0 Å². The first-order chi connectivity index (χ1) is 6.49. The number of benzene rings is 1. The van der Waals surface area contributed by atoms with Gasteiger partial charge in [-0.25, -0.2) is 8.42 Å². The first-order valence-electron chi connectivity index (χ1n) is 4.07. The highest BCUT2D eigenvalue weighted by Crippen LogP contribution is 2.27. The summed E-state index contributed by atoms with van der Waals surface area (Å²) in [4.78, 5) is 0.719. The summed E-state index contributed by atoms with van der Waals surface area (Å²) in [5, 5.41) is 9.37. The highest BCUT2D eigenvalue weighted by Gasteiger charge is 2.04. The largest absolute Gasteiger partial charge is 0.507 e. The number of hydrogen-bond donors (Lipinski definition) is 1. The van der Waals surface area contributed by atoms with E-state index in [1.165, 1.54) is 18.0 Å². The summed E-state index contributed by atoms with van der Waals surface area (Å²) in [6.07, 6.45) is 1.21. The molecule has 0 saturated carbocycles. The maximum absolute atomic E-state index is 10.8. The summed E-state index contributed by atoms with van der Waals surface area (Å²) in [5.41, 5.74) is 0. The fourth-order valence-corrected chi connectivity index (χ4v) is 3.04. The monoisotopic (exact) mass is 232 g/mol. The van der Waals surface area contributed by atoms with Gasteiger partial charge in [-0.15, -0.1) is 11.8 Å². The van der Waals surface area contributed by atoms with Crippen LogP contribution in [0.3, 0.4) is 0 Å². The minimum absolute atomic E-state index is 0.131. The van der Waals surface area contributed by atoms with Crippen molar-refractivity contribution >= 4 is 21.6 Å². The predicted octanol–water partition coefficient (Wildman–Crippen LogP) is 1.53. The Hall–Kier alpha value is -0.680. The second-order valence-electron chi connectivity index (χ2n) is 2.95. The van der Waals surface area contributed by atoms with E-state index in [1.54, 1.807) is 18.2 Å². The van der Waals surface area contributed by atoms with Crippen LogP contribution >= 0.6 is 11.8 Å². The van der Waals surface area contributed by atoms with Crippen LogP contribution in [0.25, 0.3) is 0 Å². The number of rotatable bonds is 4. The molecule has 0 spiro atoms. The molecule has 3 nitrogen and oxygen atoms in total. The van der Waals surface area contributed by atoms with E-state index in [2.05, 4.69) is 0 Å². The molecule has 0 unspecified atom stereocenters. The van der Waals surface area contributed by atoms with Crippen LogP contribution in [0, 0.1) is 0 Å². The summed E-state index contributed by atoms with van der Waals surface area (Å²) in [6.45, 7) is 0. The highest BCUT2D eigenvalue weighted by atomic mass is 32.2. The van der Waals surface area contributed by atoms with Gasteiger partial charge >= 0.3 is 0 Å². The molecule has 14 heavy (non-hydrogen) atoms. The molecule has 0 heterocycles. The normalized spacial score (nSPS) is 11.5. The zero-order valence-electron chi connectivity index (χ0n) is 7.80. The summed E-state index contributed by atoms with van der Waals surface area (Å²) in [7, 11) is -2.91. The van der Waals surface area contributed by atoms with E-state index in [0.29, 0.717) is 5.75 Å². The minimum atomic E-state index is -2.91. The molecule has 1 aromatic rings. The van der Waals surface area contributed by atoms with E-state index in [9.17, 15) is 13.5 Å². The second-order valence-corrected chi connectivity index (χ2v) is 6.34. The summed E-state index contributed by atoms with van der Waals surface area (Å²) < 4.78 is 21.7. The molecule has 0 aromatic heterocycles. The van der Waals surface area contributed by atoms with Crippen LogP contribution in [0.4, 0.5) is 0 Å². The van der Waals surface area contributed by atoms with Crippen molar-refractivity contribution in [1.29, 1.82) is 0 Å². The topological polar surface area (TPSA) is 54.4 Å². The molecular weight excluding hydrogens is 220 g/mol. The first kappa shape index (κ1) is 11.4. The van der Waals surface area contributed by atoms with Gasteiger partial charge in [-0.05, 0) is 12.1 Å². The smallest absolute Gasteiger partial charge is 0.148 e. The molecule has 78 valence electrons. The molecule has 0 fully saturated rings. The number of phenolic OH excluding ortho intramolecular Hbond substituents is 1. The zero-order chi connectivity index (χ0) is 10.6. The molecule has 0 amide bonds. The van der Waals surface area contributed by atoms with Crippen LogP contribution in [0.5, 0.6) is 5.75 Å². The van der Waals surface area contributed by atoms with Gasteiger partial charge in [0.15, 0.2) is 0 Å². The average Bonchev–Trinajstić information content (AvgIpc) is 2.06. The van der Waals surface area contributed by atoms with Crippen molar-refractivity contribution in [3.63, 3.8) is 0 Å². The number of thioether (sulfide) groups is 1. The summed E-state index contributed by atoms with van der Waals surface area (Å²) >= 11 is 1.34. The van der Waals surface area contributed by atoms with Crippen molar-refractivity contribution in [3.8, 4) is 5.75 Å². The Morgan fingerprint density at radius 1 is 1.36 bits per heavy atom. The number of aromatic hydroxyl groups is 1. The summed E-state index contributed by atoms with van der Waals surface area (Å²) in [5.74, 6) is 0.800. The summed E-state index contributed by atoms with van der Waals surface area (Å²) in [6, 6.07) is 6.89. The molecule has 0 aliphatic rings. The molecular formula is C9H12O3S2. The van der Waals surface area contributed by atoms with Crippen LogP contribution < -0.4 is 0 Å². The Kier molecular flexibility index (Phi) is 3.83. The van der Waals surface area contributed by atoms with Crippen molar-refractivity contribution in [3.05, 3.63) is 24.3 Å². The van der Waals surface area contributed by atoms with Gasteiger partial charge in [0.1, 0.15) is 15.6 Å². The van der Waals surface area contributed by atoms with Crippen molar-refractivity contribution in [1.82, 2.24) is 0 Å². The van der Waals surface area contributed by atoms with Crippen LogP contribution in [0.1, 0.15) is 0 Å². The number of sulfone groups is 1. The molecule has 0 aliphatic carbocycles. The van der Waals surface area contributed by atoms with Gasteiger partial charge in [0, 0.05) is 16.9 Å². The number of hydrogen-bond acceptors (Lipinski definition) is 4. The molecule has 0 saturated heterocycles. The van der Waals surface area contributed by atoms with E-state index in [1.807, 2.05) is 6.07 Å². The fourth-order valence-electron chi connectivity index (χ4n) is 0.882. The molecule has 0 aliphatic heterocycles. The lowest BCUT2D eigenvalue weighted by Gasteiger charge is -2.02. The average molecular weight is 232 g/mol. The molecule has 5 heteroatoms. The third-order valence-electron chi connectivity index (χ3n) is 1.58. The van der Waals surface area contributed by atoms with E-state index in [4.69, 9.17) is 0 Å². The van der Waals surface area contributed by atoms with Gasteiger partial charge in [0.05, 0.1) is 5.75 Å². The van der Waals surface area contributed by atoms with Gasteiger partial charge in [0.25, 0.3) is 0 Å². The Bertz CT molecular complexity index is 398. The van der Waals surface area contributed by atoms with Gasteiger partial charge < -0.3 is 5.11 Å². The fraction of sp³-hybridized carbons (Fsp3) is 0.333. The SMILES string of the molecule is CS(=O)(=O)CCSc1ccccc1O. The van der Waals surface area contributed by atoms with Crippen LogP contribution in [-0.2, 0) is 9.84 Å². The van der Waals surface area contributed by atoms with Crippen molar-refractivity contribution in [2.75, 3.05) is 17.8 Å². The molecule has 1 N–H and O–H groups in total. The van der Waals surface area contributed by atoms with Crippen LogP contribution in [-0.4, -0.2) is 31.3 Å². The van der Waals surface area contributed by atoms with Crippen LogP contribution in [0.15, 0.2) is 29.2 Å². The minimum Gasteiger partial charge on any atom is -0.507 e. The van der Waals surface area contributed by atoms with Crippen molar-refractivity contribution in [2.45, 2.75) is 4.90 Å². The molecule has 1 rings (SSSR count). The van der Waals surface area contributed by atoms with Crippen molar-refractivity contribution < 1.29 is 13.5 Å². The predicted molar refractivity (Wildman–Crippen MR) is 58.5 cm³/mol. The lowest BCUT2D eigenvalue weighted by Crippen LogP contribution is -2.04. The number of para-hydroxylation sites is 1. The highest BCUT2D eigenvalue weighted by molar-refractivity contribution is 8.00. The quantitative estimate of drug-likeness (QED) is 0.800. The Morgan fingerprint density at radius 2 is 2.00 bits per heavy atom. The standard InChI is InChI=1S/C9H12O3S2/c1-14(11,12)7-6-13-9-5-3-2-4-8(9)10/h2-5,10H,6-7H2,1H3. The molecule has 0 radical (unpaired) electrons. The van der Waals surface area contributed by atoms with E-state index < -0.39 is 9.84 Å².